The Balaban J connectivity index is 4.13. The van der Waals surface area contributed by atoms with Crippen molar-refractivity contribution < 1.29 is 42.1 Å². The number of ether oxygens (including phenoxy) is 2. The number of likely N-dealkylation sites (N-methyl/N-ethyl adjacent to an activating group) is 1. The van der Waals surface area contributed by atoms with Gasteiger partial charge in [0, 0.05) is 12.8 Å². The van der Waals surface area contributed by atoms with Gasteiger partial charge in [-0.2, -0.15) is 0 Å². The van der Waals surface area contributed by atoms with Crippen molar-refractivity contribution in [3.63, 3.8) is 0 Å². The van der Waals surface area contributed by atoms with E-state index in [1.165, 1.54) is 77.0 Å². The van der Waals surface area contributed by atoms with Crippen LogP contribution in [0.2, 0.25) is 0 Å². The van der Waals surface area contributed by atoms with Gasteiger partial charge >= 0.3 is 19.8 Å². The summed E-state index contributed by atoms with van der Waals surface area (Å²) in [5, 5.41) is 0. The molecule has 0 radical (unpaired) electrons. The van der Waals surface area contributed by atoms with Crippen LogP contribution in [-0.4, -0.2) is 74.9 Å². The van der Waals surface area contributed by atoms with E-state index in [1.54, 1.807) is 0 Å². The van der Waals surface area contributed by atoms with Crippen molar-refractivity contribution in [1.29, 1.82) is 0 Å². The predicted octanol–water partition coefficient (Wildman–Crippen LogP) is 25.9. The third-order valence-electron chi connectivity index (χ3n) is 15.5. The van der Waals surface area contributed by atoms with Crippen molar-refractivity contribution in [2.45, 2.75) is 277 Å². The number of hydrogen-bond acceptors (Lipinski definition) is 7. The fraction of sp³-hybridized carbons (Fsp3) is 0.568. The molecule has 0 amide bonds. The predicted molar refractivity (Wildman–Crippen MR) is 426 cm³/mol. The molecule has 0 aliphatic carbocycles. The van der Waals surface area contributed by atoms with Crippen LogP contribution in [0, 0.1) is 0 Å². The molecule has 2 unspecified atom stereocenters. The van der Waals surface area contributed by atoms with Gasteiger partial charge in [0.05, 0.1) is 27.7 Å². The number of hydrogen-bond donors (Lipinski definition) is 1. The number of esters is 2. The van der Waals surface area contributed by atoms with Gasteiger partial charge in [0.2, 0.25) is 0 Å². The molecule has 0 fully saturated rings. The molecule has 0 aliphatic heterocycles. The third kappa shape index (κ3) is 79.3. The summed E-state index contributed by atoms with van der Waals surface area (Å²) < 4.78 is 34.7. The molecule has 0 aliphatic rings. The zero-order valence-electron chi connectivity index (χ0n) is 62.7. The molecule has 98 heavy (non-hydrogen) atoms. The highest BCUT2D eigenvalue weighted by atomic mass is 31.2. The Kier molecular flexibility index (Phi) is 71.2. The van der Waals surface area contributed by atoms with Crippen LogP contribution in [-0.2, 0) is 32.7 Å². The van der Waals surface area contributed by atoms with E-state index in [1.807, 2.05) is 21.1 Å². The first-order chi connectivity index (χ1) is 48.0. The first-order valence-electron chi connectivity index (χ1n) is 38.5. The van der Waals surface area contributed by atoms with Gasteiger partial charge in [0.15, 0.2) is 6.10 Å². The number of carbonyl (C=O) groups is 2. The summed E-state index contributed by atoms with van der Waals surface area (Å²) in [6.07, 6.45) is 121. The maximum Gasteiger partial charge on any atom is 0.472 e. The highest BCUT2D eigenvalue weighted by molar-refractivity contribution is 7.47. The van der Waals surface area contributed by atoms with Crippen molar-refractivity contribution >= 4 is 19.8 Å². The number of phosphoric acid groups is 1. The first kappa shape index (κ1) is 92.3. The van der Waals surface area contributed by atoms with Crippen molar-refractivity contribution in [2.24, 2.45) is 0 Å². The third-order valence-corrected chi connectivity index (χ3v) is 16.5. The minimum Gasteiger partial charge on any atom is -0.462 e. The normalized spacial score (nSPS) is 14.3. The van der Waals surface area contributed by atoms with Crippen molar-refractivity contribution in [3.8, 4) is 0 Å². The van der Waals surface area contributed by atoms with Crippen molar-refractivity contribution in [2.75, 3.05) is 47.5 Å². The number of carbonyl (C=O) groups excluding carboxylic acids is 2. The van der Waals surface area contributed by atoms with E-state index in [-0.39, 0.29) is 32.0 Å². The van der Waals surface area contributed by atoms with Gasteiger partial charge in [-0.3, -0.25) is 18.6 Å². The van der Waals surface area contributed by atoms with Gasteiger partial charge in [0.25, 0.3) is 0 Å². The summed E-state index contributed by atoms with van der Waals surface area (Å²) in [5.74, 6) is -0.839. The lowest BCUT2D eigenvalue weighted by Gasteiger charge is -2.24. The molecule has 0 saturated heterocycles. The standard InChI is InChI=1S/C88H140NO8P/c1-6-8-10-12-14-16-18-20-22-24-26-28-30-32-34-36-38-40-42-43-44-45-47-48-50-52-54-56-58-60-62-64-66-68-70-72-74-76-78-80-87(90)94-84-86(85-96-98(92,93)95-83-82-89(3,4)5)97-88(91)81-79-77-75-73-71-69-67-65-63-61-59-57-55-53-51-49-46-41-39-37-35-33-31-29-27-25-23-21-19-17-15-13-11-9-7-2/h8-11,14-17,20-23,26-29,32-35,38-41,43-44,47-49,51,55,57,61,63,67,69,86H,6-7,12-13,18-19,24-25,30-31,36-37,42,45-46,50,52-54,56,58-60,62,64-66,68,70-85H2,1-5H3/p+1/b10-8-,11-9-,16-14-,17-15-,22-20-,23-21-,28-26-,29-27-,34-32-,35-33-,40-38-,41-39-,44-43-,48-47-,51-49-,57-55-,63-61-,69-67-. The van der Waals surface area contributed by atoms with E-state index < -0.39 is 26.5 Å². The average Bonchev–Trinajstić information content (AvgIpc) is 1.08. The lowest BCUT2D eigenvalue weighted by atomic mass is 10.0. The molecule has 0 bridgehead atoms. The Bertz CT molecular complexity index is 2460. The summed E-state index contributed by atoms with van der Waals surface area (Å²) in [5.41, 5.74) is 0. The van der Waals surface area contributed by atoms with Crippen LogP contribution in [0.4, 0.5) is 0 Å². The molecule has 0 heterocycles. The number of quaternary nitrogens is 1. The number of allylic oxidation sites excluding steroid dienone is 36. The minimum absolute atomic E-state index is 0.0153. The summed E-state index contributed by atoms with van der Waals surface area (Å²) in [4.78, 5) is 36.0. The smallest absolute Gasteiger partial charge is 0.462 e. The number of rotatable bonds is 68. The van der Waals surface area contributed by atoms with Gasteiger partial charge in [0.1, 0.15) is 19.8 Å². The second kappa shape index (κ2) is 75.5. The molecule has 9 nitrogen and oxygen atoms in total. The Hall–Kier alpha value is -5.67. The summed E-state index contributed by atoms with van der Waals surface area (Å²) in [7, 11) is 1.43. The molecule has 0 rings (SSSR count). The van der Waals surface area contributed by atoms with Gasteiger partial charge in [-0.25, -0.2) is 4.57 Å². The number of nitrogens with zero attached hydrogens (tertiary/aromatic N) is 1. The van der Waals surface area contributed by atoms with E-state index >= 15 is 0 Å². The molecule has 550 valence electrons. The van der Waals surface area contributed by atoms with E-state index in [0.29, 0.717) is 17.4 Å². The fourth-order valence-electron chi connectivity index (χ4n) is 9.71. The molecule has 0 spiro atoms. The summed E-state index contributed by atoms with van der Waals surface area (Å²) >= 11 is 0. The molecule has 10 heteroatoms. The fourth-order valence-corrected chi connectivity index (χ4v) is 10.4. The van der Waals surface area contributed by atoms with Gasteiger partial charge < -0.3 is 18.9 Å². The van der Waals surface area contributed by atoms with Crippen LogP contribution in [0.25, 0.3) is 0 Å². The first-order valence-corrected chi connectivity index (χ1v) is 40.0. The SMILES string of the molecule is CC/C=C\C/C=C\C/C=C\C/C=C\C/C=C\C/C=C\C/C=C\C/C=C\C/C=C\C/C=C\CCCCCCC(=O)OC(COC(=O)CCCCCCCCCCCCCCCC/C=C\C/C=C\C/C=C\C/C=C\C/C=C\C/C=C\C/C=C\C/C=C\CC)COP(=O)(O)OCC[N+](C)(C)C. The Morgan fingerprint density at radius 2 is 0.551 bits per heavy atom. The van der Waals surface area contributed by atoms with Gasteiger partial charge in [-0.15, -0.1) is 0 Å². The molecule has 2 atom stereocenters. The topological polar surface area (TPSA) is 108 Å². The molecule has 0 aromatic rings. The van der Waals surface area contributed by atoms with E-state index in [9.17, 15) is 19.0 Å². The maximum atomic E-state index is 12.9. The minimum atomic E-state index is -4.42. The zero-order valence-corrected chi connectivity index (χ0v) is 63.6. The zero-order chi connectivity index (χ0) is 71.1. The Morgan fingerprint density at radius 1 is 0.316 bits per heavy atom. The van der Waals surface area contributed by atoms with Gasteiger partial charge in [-0.1, -0.05) is 322 Å². The van der Waals surface area contributed by atoms with Crippen LogP contribution in [0.5, 0.6) is 0 Å². The van der Waals surface area contributed by atoms with Gasteiger partial charge in [-0.05, 0) is 154 Å². The van der Waals surface area contributed by atoms with Crippen LogP contribution >= 0.6 is 7.82 Å². The van der Waals surface area contributed by atoms with Crippen molar-refractivity contribution in [1.82, 2.24) is 0 Å². The van der Waals surface area contributed by atoms with E-state index in [2.05, 4.69) is 233 Å². The Morgan fingerprint density at radius 3 is 0.816 bits per heavy atom. The second-order valence-electron chi connectivity index (χ2n) is 25.9. The maximum absolute atomic E-state index is 12.9. The molecule has 0 aromatic heterocycles. The number of phosphoric ester groups is 1. The molecule has 0 saturated carbocycles. The highest BCUT2D eigenvalue weighted by Crippen LogP contribution is 2.43. The lowest BCUT2D eigenvalue weighted by molar-refractivity contribution is -0.870. The highest BCUT2D eigenvalue weighted by Gasteiger charge is 2.27. The monoisotopic (exact) mass is 1370 g/mol. The summed E-state index contributed by atoms with van der Waals surface area (Å²) in [6, 6.07) is 0. The van der Waals surface area contributed by atoms with Crippen LogP contribution < -0.4 is 0 Å². The largest absolute Gasteiger partial charge is 0.472 e. The average molecular weight is 1370 g/mol. The van der Waals surface area contributed by atoms with Crippen LogP contribution in [0.15, 0.2) is 219 Å². The molecular formula is C88H141NO8P+. The molecular weight excluding hydrogens is 1230 g/mol. The Labute approximate surface area is 601 Å². The quantitative estimate of drug-likeness (QED) is 0.0211. The van der Waals surface area contributed by atoms with Crippen molar-refractivity contribution in [3.05, 3.63) is 219 Å². The van der Waals surface area contributed by atoms with E-state index in [0.717, 1.165) is 161 Å². The summed E-state index contributed by atoms with van der Waals surface area (Å²) in [6.45, 7) is 4.16. The van der Waals surface area contributed by atoms with E-state index in [4.69, 9.17) is 18.5 Å². The molecule has 1 N–H and O–H groups in total. The lowest BCUT2D eigenvalue weighted by Crippen LogP contribution is -2.37. The van der Waals surface area contributed by atoms with Crippen LogP contribution in [0.1, 0.15) is 271 Å². The molecule has 0 aromatic carbocycles. The number of unbranched alkanes of at least 4 members (excludes halogenated alkanes) is 18. The van der Waals surface area contributed by atoms with Crippen LogP contribution in [0.3, 0.4) is 0 Å². The second-order valence-corrected chi connectivity index (χ2v) is 27.4.